The maximum absolute atomic E-state index is 12.1. The number of carbonyl (C=O) groups is 2. The summed E-state index contributed by atoms with van der Waals surface area (Å²) in [6, 6.07) is 7.16. The third-order valence-corrected chi connectivity index (χ3v) is 4.42. The smallest absolute Gasteiger partial charge is 0.414 e. The summed E-state index contributed by atoms with van der Waals surface area (Å²) >= 11 is 7.05. The number of carboxylic acid groups (broad SMARTS) is 1. The highest BCUT2D eigenvalue weighted by Gasteiger charge is 2.32. The Hall–Kier alpha value is -1.92. The van der Waals surface area contributed by atoms with Crippen LogP contribution in [0.4, 0.5) is 4.79 Å². The van der Waals surface area contributed by atoms with Gasteiger partial charge in [-0.1, -0.05) is 23.7 Å². The number of halogens is 1. The van der Waals surface area contributed by atoms with Gasteiger partial charge in [0.1, 0.15) is 9.88 Å². The van der Waals surface area contributed by atoms with Crippen LogP contribution in [0.25, 0.3) is 10.6 Å². The Morgan fingerprint density at radius 1 is 1.35 bits per heavy atom. The lowest BCUT2D eigenvalue weighted by Gasteiger charge is -2.20. The van der Waals surface area contributed by atoms with E-state index in [1.807, 2.05) is 12.1 Å². The van der Waals surface area contributed by atoms with Crippen molar-refractivity contribution in [3.63, 3.8) is 0 Å². The fraction of sp³-hybridized carbons (Fsp3) is 0.154. The van der Waals surface area contributed by atoms with Gasteiger partial charge in [0.25, 0.3) is 5.91 Å². The van der Waals surface area contributed by atoms with Crippen molar-refractivity contribution in [2.75, 3.05) is 6.54 Å². The molecular formula is C13H9ClN2O3S. The predicted molar refractivity (Wildman–Crippen MR) is 75.3 cm³/mol. The second-order valence-corrected chi connectivity index (χ2v) is 5.73. The zero-order valence-corrected chi connectivity index (χ0v) is 11.7. The average Bonchev–Trinajstić information content (AvgIpc) is 2.84. The highest BCUT2D eigenvalue weighted by atomic mass is 35.5. The summed E-state index contributed by atoms with van der Waals surface area (Å²) in [7, 11) is 0. The Morgan fingerprint density at radius 2 is 2.05 bits per heavy atom. The minimum Gasteiger partial charge on any atom is -0.465 e. The van der Waals surface area contributed by atoms with Crippen LogP contribution in [0.15, 0.2) is 24.3 Å². The number of hydrogen-bond acceptors (Lipinski definition) is 4. The summed E-state index contributed by atoms with van der Waals surface area (Å²) in [5.74, 6) is -0.489. The molecule has 0 radical (unpaired) electrons. The van der Waals surface area contributed by atoms with Crippen molar-refractivity contribution in [3.05, 3.63) is 39.9 Å². The van der Waals surface area contributed by atoms with Gasteiger partial charge in [0.05, 0.1) is 5.69 Å². The molecule has 5 nitrogen and oxygen atoms in total. The Bertz CT molecular complexity index is 696. The van der Waals surface area contributed by atoms with E-state index in [-0.39, 0.29) is 6.54 Å². The van der Waals surface area contributed by atoms with Crippen LogP contribution in [0.2, 0.25) is 5.02 Å². The van der Waals surface area contributed by atoms with Gasteiger partial charge in [-0.2, -0.15) is 0 Å². The lowest BCUT2D eigenvalue weighted by molar-refractivity contribution is 0.0731. The normalized spacial score (nSPS) is 14.2. The van der Waals surface area contributed by atoms with Gasteiger partial charge in [0, 0.05) is 23.6 Å². The third-order valence-electron chi connectivity index (χ3n) is 3.03. The van der Waals surface area contributed by atoms with Gasteiger partial charge in [-0.3, -0.25) is 4.79 Å². The summed E-state index contributed by atoms with van der Waals surface area (Å²) in [5.41, 5.74) is 1.53. The lowest BCUT2D eigenvalue weighted by atomic mass is 10.2. The van der Waals surface area contributed by atoms with E-state index in [4.69, 9.17) is 16.7 Å². The molecule has 7 heteroatoms. The third kappa shape index (κ3) is 2.17. The fourth-order valence-corrected chi connectivity index (χ4v) is 3.22. The number of fused-ring (bicyclic) bond motifs is 1. The molecule has 1 aliphatic rings. The van der Waals surface area contributed by atoms with Gasteiger partial charge in [0.15, 0.2) is 0 Å². The summed E-state index contributed by atoms with van der Waals surface area (Å²) in [6.07, 6.45) is -0.764. The summed E-state index contributed by atoms with van der Waals surface area (Å²) in [6.45, 7) is 0.158. The molecule has 1 N–H and O–H groups in total. The zero-order valence-electron chi connectivity index (χ0n) is 10.2. The number of amides is 2. The Morgan fingerprint density at radius 3 is 2.70 bits per heavy atom. The van der Waals surface area contributed by atoms with Crippen molar-refractivity contribution >= 4 is 34.9 Å². The summed E-state index contributed by atoms with van der Waals surface area (Å²) in [5, 5.41) is 10.3. The fourth-order valence-electron chi connectivity index (χ4n) is 2.03. The van der Waals surface area contributed by atoms with Crippen LogP contribution in [0.3, 0.4) is 0 Å². The quantitative estimate of drug-likeness (QED) is 0.878. The number of nitrogens with zero attached hydrogens (tertiary/aromatic N) is 2. The van der Waals surface area contributed by atoms with E-state index in [1.54, 1.807) is 12.1 Å². The van der Waals surface area contributed by atoms with Crippen molar-refractivity contribution in [1.82, 2.24) is 9.88 Å². The molecule has 102 valence electrons. The molecule has 0 saturated heterocycles. The van der Waals surface area contributed by atoms with Crippen LogP contribution < -0.4 is 0 Å². The maximum atomic E-state index is 12.1. The highest BCUT2D eigenvalue weighted by Crippen LogP contribution is 2.32. The van der Waals surface area contributed by atoms with E-state index in [0.717, 1.165) is 10.5 Å². The molecule has 1 aromatic carbocycles. The molecule has 3 rings (SSSR count). The van der Waals surface area contributed by atoms with Gasteiger partial charge in [-0.25, -0.2) is 14.7 Å². The van der Waals surface area contributed by atoms with Crippen molar-refractivity contribution in [2.24, 2.45) is 0 Å². The van der Waals surface area contributed by atoms with E-state index >= 15 is 0 Å². The highest BCUT2D eigenvalue weighted by molar-refractivity contribution is 7.17. The van der Waals surface area contributed by atoms with Crippen LogP contribution in [-0.2, 0) is 6.42 Å². The van der Waals surface area contributed by atoms with Crippen molar-refractivity contribution in [2.45, 2.75) is 6.42 Å². The molecule has 0 aliphatic carbocycles. The predicted octanol–water partition coefficient (Wildman–Crippen LogP) is 3.14. The second kappa shape index (κ2) is 4.88. The van der Waals surface area contributed by atoms with Gasteiger partial charge >= 0.3 is 6.09 Å². The van der Waals surface area contributed by atoms with Crippen LogP contribution in [0.1, 0.15) is 15.4 Å². The van der Waals surface area contributed by atoms with Gasteiger partial charge in [0.2, 0.25) is 0 Å². The van der Waals surface area contributed by atoms with E-state index in [0.29, 0.717) is 27.0 Å². The van der Waals surface area contributed by atoms with E-state index < -0.39 is 12.0 Å². The first-order valence-corrected chi connectivity index (χ1v) is 7.06. The summed E-state index contributed by atoms with van der Waals surface area (Å²) < 4.78 is 0. The molecule has 0 bridgehead atoms. The number of rotatable bonds is 1. The number of hydrogen-bond donors (Lipinski definition) is 1. The largest absolute Gasteiger partial charge is 0.465 e. The van der Waals surface area contributed by atoms with E-state index in [2.05, 4.69) is 4.98 Å². The van der Waals surface area contributed by atoms with Crippen LogP contribution in [0, 0.1) is 0 Å². The first-order chi connectivity index (χ1) is 9.56. The minimum absolute atomic E-state index is 0.158. The lowest BCUT2D eigenvalue weighted by Crippen LogP contribution is -2.40. The number of benzene rings is 1. The average molecular weight is 309 g/mol. The van der Waals surface area contributed by atoms with E-state index in [1.165, 1.54) is 11.3 Å². The number of aromatic nitrogens is 1. The number of imide groups is 1. The first-order valence-electron chi connectivity index (χ1n) is 5.86. The Balaban J connectivity index is 1.99. The monoisotopic (exact) mass is 308 g/mol. The topological polar surface area (TPSA) is 70.5 Å². The van der Waals surface area contributed by atoms with Gasteiger partial charge < -0.3 is 5.11 Å². The van der Waals surface area contributed by atoms with E-state index in [9.17, 15) is 9.59 Å². The van der Waals surface area contributed by atoms with Crippen molar-refractivity contribution in [1.29, 1.82) is 0 Å². The van der Waals surface area contributed by atoms with Gasteiger partial charge in [-0.15, -0.1) is 11.3 Å². The van der Waals surface area contributed by atoms with Crippen LogP contribution in [-0.4, -0.2) is 33.5 Å². The van der Waals surface area contributed by atoms with Crippen molar-refractivity contribution in [3.8, 4) is 10.6 Å². The number of thiazole rings is 1. The van der Waals surface area contributed by atoms with Crippen LogP contribution >= 0.6 is 22.9 Å². The molecule has 1 aromatic heterocycles. The minimum atomic E-state index is -1.22. The standard InChI is InChI=1S/C13H9ClN2O3S/c14-8-3-1-7(2-4-8)11-15-9-5-6-16(13(18)19)12(17)10(9)20-11/h1-4H,5-6H2,(H,18,19). The Labute approximate surface area is 123 Å². The number of carbonyl (C=O) groups excluding carboxylic acids is 1. The zero-order chi connectivity index (χ0) is 14.3. The molecule has 1 aliphatic heterocycles. The molecule has 0 saturated carbocycles. The molecule has 0 unspecified atom stereocenters. The summed E-state index contributed by atoms with van der Waals surface area (Å²) in [4.78, 5) is 28.7. The molecule has 2 amide bonds. The molecule has 0 atom stereocenters. The molecule has 20 heavy (non-hydrogen) atoms. The first kappa shape index (κ1) is 13.1. The van der Waals surface area contributed by atoms with Crippen LogP contribution in [0.5, 0.6) is 0 Å². The van der Waals surface area contributed by atoms with Gasteiger partial charge in [-0.05, 0) is 12.1 Å². The molecule has 2 aromatic rings. The molecule has 2 heterocycles. The maximum Gasteiger partial charge on any atom is 0.414 e. The molecular weight excluding hydrogens is 300 g/mol. The molecule has 0 spiro atoms. The molecule has 0 fully saturated rings. The van der Waals surface area contributed by atoms with Crippen molar-refractivity contribution < 1.29 is 14.7 Å². The SMILES string of the molecule is O=C(O)N1CCc2nc(-c3ccc(Cl)cc3)sc2C1=O. The Kier molecular flexibility index (Phi) is 3.19. The second-order valence-electron chi connectivity index (χ2n) is 4.29.